The highest BCUT2D eigenvalue weighted by atomic mass is 16.5. The van der Waals surface area contributed by atoms with Crippen LogP contribution in [0, 0.1) is 5.92 Å². The quantitative estimate of drug-likeness (QED) is 0.407. The number of oxime groups is 1. The summed E-state index contributed by atoms with van der Waals surface area (Å²) in [5.74, 6) is 0.354. The lowest BCUT2D eigenvalue weighted by Crippen LogP contribution is -2.22. The van der Waals surface area contributed by atoms with Crippen LogP contribution in [0.25, 0.3) is 0 Å². The highest BCUT2D eigenvalue weighted by Crippen LogP contribution is 2.19. The summed E-state index contributed by atoms with van der Waals surface area (Å²) >= 11 is 0. The number of rotatable bonds is 6. The summed E-state index contributed by atoms with van der Waals surface area (Å²) in [6, 6.07) is 0. The van der Waals surface area contributed by atoms with Gasteiger partial charge in [0, 0.05) is 7.11 Å². The Morgan fingerprint density at radius 3 is 2.50 bits per heavy atom. The normalized spacial score (nSPS) is 15.6. The zero-order valence-corrected chi connectivity index (χ0v) is 10.0. The molecule has 0 aromatic carbocycles. The average Bonchev–Trinajstić information content (AvgIpc) is 2.16. The molecule has 0 fully saturated rings. The Morgan fingerprint density at radius 2 is 2.07 bits per heavy atom. The third-order valence-electron chi connectivity index (χ3n) is 2.84. The van der Waals surface area contributed by atoms with Gasteiger partial charge in [-0.25, -0.2) is 0 Å². The zero-order chi connectivity index (χ0) is 11.2. The van der Waals surface area contributed by atoms with Crippen LogP contribution in [0.4, 0.5) is 0 Å². The highest BCUT2D eigenvalue weighted by Gasteiger charge is 2.16. The third kappa shape index (κ3) is 5.22. The minimum Gasteiger partial charge on any atom is -0.411 e. The highest BCUT2D eigenvalue weighted by molar-refractivity contribution is 5.83. The monoisotopic (exact) mass is 201 g/mol. The number of hydrogen-bond acceptors (Lipinski definition) is 3. The van der Waals surface area contributed by atoms with E-state index >= 15 is 0 Å². The van der Waals surface area contributed by atoms with Gasteiger partial charge in [0.15, 0.2) is 0 Å². The average molecular weight is 201 g/mol. The van der Waals surface area contributed by atoms with Gasteiger partial charge in [-0.15, -0.1) is 0 Å². The van der Waals surface area contributed by atoms with E-state index in [1.54, 1.807) is 7.11 Å². The van der Waals surface area contributed by atoms with Crippen LogP contribution in [0.2, 0.25) is 0 Å². The molecule has 84 valence electrons. The van der Waals surface area contributed by atoms with Gasteiger partial charge in [0.25, 0.3) is 0 Å². The standard InChI is InChI=1S/C11H23NO2/c1-9(10(2)12-13)7-6-8-11(3,4)14-5/h9,13H,6-8H2,1-5H3/b12-10-/t9-/m0/s1. The molecule has 0 amide bonds. The molecule has 0 radical (unpaired) electrons. The number of hydrogen-bond donors (Lipinski definition) is 1. The Hall–Kier alpha value is -0.570. The molecule has 0 bridgehead atoms. The smallest absolute Gasteiger partial charge is 0.0622 e. The fraction of sp³-hybridized carbons (Fsp3) is 0.909. The summed E-state index contributed by atoms with van der Waals surface area (Å²) in [4.78, 5) is 0. The Morgan fingerprint density at radius 1 is 1.50 bits per heavy atom. The Kier molecular flexibility index (Phi) is 5.77. The van der Waals surface area contributed by atoms with E-state index in [1.807, 2.05) is 6.92 Å². The van der Waals surface area contributed by atoms with Crippen LogP contribution in [0.15, 0.2) is 5.16 Å². The molecule has 0 aromatic rings. The SMILES string of the molecule is COC(C)(C)CCC[C@H](C)/C(C)=N\O. The van der Waals surface area contributed by atoms with Crippen molar-refractivity contribution in [2.24, 2.45) is 11.1 Å². The first kappa shape index (κ1) is 13.4. The molecule has 0 aliphatic heterocycles. The van der Waals surface area contributed by atoms with Crippen molar-refractivity contribution < 1.29 is 9.94 Å². The van der Waals surface area contributed by atoms with Crippen molar-refractivity contribution in [1.29, 1.82) is 0 Å². The van der Waals surface area contributed by atoms with E-state index in [4.69, 9.17) is 9.94 Å². The molecule has 14 heavy (non-hydrogen) atoms. The van der Waals surface area contributed by atoms with Crippen molar-refractivity contribution in [3.05, 3.63) is 0 Å². The van der Waals surface area contributed by atoms with Crippen molar-refractivity contribution in [2.45, 2.75) is 52.6 Å². The molecular weight excluding hydrogens is 178 g/mol. The Balaban J connectivity index is 3.75. The lowest BCUT2D eigenvalue weighted by atomic mass is 9.94. The van der Waals surface area contributed by atoms with Gasteiger partial charge in [0.1, 0.15) is 0 Å². The largest absolute Gasteiger partial charge is 0.411 e. The molecular formula is C11H23NO2. The van der Waals surface area contributed by atoms with Gasteiger partial charge in [0.05, 0.1) is 11.3 Å². The van der Waals surface area contributed by atoms with Gasteiger partial charge in [0.2, 0.25) is 0 Å². The fourth-order valence-electron chi connectivity index (χ4n) is 1.24. The number of ether oxygens (including phenoxy) is 1. The summed E-state index contributed by atoms with van der Waals surface area (Å²) in [6.07, 6.45) is 3.17. The molecule has 0 aliphatic rings. The fourth-order valence-corrected chi connectivity index (χ4v) is 1.24. The van der Waals surface area contributed by atoms with Crippen molar-refractivity contribution in [2.75, 3.05) is 7.11 Å². The van der Waals surface area contributed by atoms with Crippen LogP contribution >= 0.6 is 0 Å². The second-order valence-electron chi connectivity index (χ2n) is 4.50. The van der Waals surface area contributed by atoms with Gasteiger partial charge in [-0.1, -0.05) is 12.1 Å². The molecule has 0 aromatic heterocycles. The van der Waals surface area contributed by atoms with E-state index in [1.165, 1.54) is 0 Å². The minimum absolute atomic E-state index is 0.0377. The summed E-state index contributed by atoms with van der Waals surface area (Å²) in [5, 5.41) is 11.8. The lowest BCUT2D eigenvalue weighted by molar-refractivity contribution is 0.0131. The maximum absolute atomic E-state index is 8.57. The zero-order valence-electron chi connectivity index (χ0n) is 10.0. The van der Waals surface area contributed by atoms with E-state index in [0.29, 0.717) is 5.92 Å². The van der Waals surface area contributed by atoms with Crippen LogP contribution in [0.1, 0.15) is 47.0 Å². The van der Waals surface area contributed by atoms with Gasteiger partial charge < -0.3 is 9.94 Å². The maximum Gasteiger partial charge on any atom is 0.0622 e. The van der Waals surface area contributed by atoms with Crippen LogP contribution < -0.4 is 0 Å². The summed E-state index contributed by atoms with van der Waals surface area (Å²) in [6.45, 7) is 8.11. The molecule has 0 aliphatic carbocycles. The van der Waals surface area contributed by atoms with E-state index < -0.39 is 0 Å². The summed E-state index contributed by atoms with van der Waals surface area (Å²) in [7, 11) is 1.74. The Labute approximate surface area is 87.1 Å². The van der Waals surface area contributed by atoms with Gasteiger partial charge >= 0.3 is 0 Å². The first-order valence-electron chi connectivity index (χ1n) is 5.16. The molecule has 1 atom stereocenters. The van der Waals surface area contributed by atoms with Crippen LogP contribution in [0.5, 0.6) is 0 Å². The third-order valence-corrected chi connectivity index (χ3v) is 2.84. The van der Waals surface area contributed by atoms with Crippen molar-refractivity contribution in [1.82, 2.24) is 0 Å². The molecule has 0 saturated heterocycles. The van der Waals surface area contributed by atoms with Crippen LogP contribution in [-0.4, -0.2) is 23.6 Å². The lowest BCUT2D eigenvalue weighted by Gasteiger charge is -2.23. The van der Waals surface area contributed by atoms with E-state index in [9.17, 15) is 0 Å². The van der Waals surface area contributed by atoms with Gasteiger partial charge in [-0.2, -0.15) is 0 Å². The minimum atomic E-state index is -0.0377. The molecule has 0 heterocycles. The molecule has 0 rings (SSSR count). The van der Waals surface area contributed by atoms with Crippen LogP contribution in [-0.2, 0) is 4.74 Å². The Bertz CT molecular complexity index is 188. The maximum atomic E-state index is 8.57. The van der Waals surface area contributed by atoms with Crippen molar-refractivity contribution in [3.8, 4) is 0 Å². The molecule has 3 nitrogen and oxygen atoms in total. The topological polar surface area (TPSA) is 41.8 Å². The van der Waals surface area contributed by atoms with E-state index in [2.05, 4.69) is 25.9 Å². The van der Waals surface area contributed by atoms with Gasteiger partial charge in [-0.3, -0.25) is 0 Å². The summed E-state index contributed by atoms with van der Waals surface area (Å²) < 4.78 is 5.33. The predicted molar refractivity (Wildman–Crippen MR) is 59.0 cm³/mol. The van der Waals surface area contributed by atoms with E-state index in [-0.39, 0.29) is 5.60 Å². The number of methoxy groups -OCH3 is 1. The second-order valence-corrected chi connectivity index (χ2v) is 4.50. The second kappa shape index (κ2) is 6.02. The summed E-state index contributed by atoms with van der Waals surface area (Å²) in [5.41, 5.74) is 0.768. The first-order chi connectivity index (χ1) is 6.43. The molecule has 0 saturated carbocycles. The first-order valence-corrected chi connectivity index (χ1v) is 5.16. The van der Waals surface area contributed by atoms with Gasteiger partial charge in [-0.05, 0) is 46.0 Å². The molecule has 0 spiro atoms. The molecule has 0 unspecified atom stereocenters. The van der Waals surface area contributed by atoms with Crippen LogP contribution in [0.3, 0.4) is 0 Å². The van der Waals surface area contributed by atoms with Crippen molar-refractivity contribution >= 4 is 5.71 Å². The van der Waals surface area contributed by atoms with Crippen molar-refractivity contribution in [3.63, 3.8) is 0 Å². The molecule has 3 heteroatoms. The number of nitrogens with zero attached hydrogens (tertiary/aromatic N) is 1. The molecule has 1 N–H and O–H groups in total. The van der Waals surface area contributed by atoms with E-state index in [0.717, 1.165) is 25.0 Å². The predicted octanol–water partition coefficient (Wildman–Crippen LogP) is 3.07.